The van der Waals surface area contributed by atoms with Gasteiger partial charge in [0.1, 0.15) is 0 Å². The third kappa shape index (κ3) is 4.25. The zero-order chi connectivity index (χ0) is 22.9. The lowest BCUT2D eigenvalue weighted by molar-refractivity contribution is 0.0696. The van der Waals surface area contributed by atoms with Crippen molar-refractivity contribution in [2.45, 2.75) is 13.1 Å². The van der Waals surface area contributed by atoms with Crippen molar-refractivity contribution in [3.63, 3.8) is 0 Å². The SMILES string of the molecule is O=C(O)c1c2c(nc3ccccc13)C(=Cc1c(Cl)cccc1Cl)CN(Cc1ccccc1)C2. The predicted octanol–water partition coefficient (Wildman–Crippen LogP) is 6.80. The van der Waals surface area contributed by atoms with Gasteiger partial charge < -0.3 is 5.11 Å². The van der Waals surface area contributed by atoms with Crippen molar-refractivity contribution in [1.29, 1.82) is 0 Å². The lowest BCUT2D eigenvalue weighted by Crippen LogP contribution is -2.31. The molecule has 0 spiro atoms. The molecule has 1 aliphatic rings. The molecule has 0 saturated heterocycles. The van der Waals surface area contributed by atoms with E-state index in [-0.39, 0.29) is 0 Å². The van der Waals surface area contributed by atoms with Crippen LogP contribution in [-0.2, 0) is 13.1 Å². The van der Waals surface area contributed by atoms with E-state index < -0.39 is 5.97 Å². The molecule has 5 rings (SSSR count). The molecule has 3 aromatic carbocycles. The van der Waals surface area contributed by atoms with Crippen LogP contribution in [0, 0.1) is 0 Å². The van der Waals surface area contributed by atoms with Crippen LogP contribution in [0.3, 0.4) is 0 Å². The van der Waals surface area contributed by atoms with Crippen LogP contribution in [0.2, 0.25) is 10.0 Å². The largest absolute Gasteiger partial charge is 0.478 e. The summed E-state index contributed by atoms with van der Waals surface area (Å²) in [6.07, 6.45) is 1.94. The average molecular weight is 475 g/mol. The molecule has 0 unspecified atom stereocenters. The van der Waals surface area contributed by atoms with Gasteiger partial charge in [-0.25, -0.2) is 9.78 Å². The summed E-state index contributed by atoms with van der Waals surface area (Å²) in [5, 5.41) is 11.9. The first-order valence-corrected chi connectivity index (χ1v) is 11.3. The highest BCUT2D eigenvalue weighted by molar-refractivity contribution is 6.37. The maximum Gasteiger partial charge on any atom is 0.336 e. The first-order valence-electron chi connectivity index (χ1n) is 10.6. The number of hydrogen-bond acceptors (Lipinski definition) is 3. The van der Waals surface area contributed by atoms with E-state index in [4.69, 9.17) is 28.2 Å². The van der Waals surface area contributed by atoms with Crippen molar-refractivity contribution in [1.82, 2.24) is 9.88 Å². The highest BCUT2D eigenvalue weighted by Gasteiger charge is 2.29. The van der Waals surface area contributed by atoms with Crippen LogP contribution in [0.4, 0.5) is 0 Å². The van der Waals surface area contributed by atoms with E-state index in [1.165, 1.54) is 0 Å². The molecule has 0 saturated carbocycles. The Bertz CT molecular complexity index is 1380. The molecule has 0 amide bonds. The topological polar surface area (TPSA) is 53.4 Å². The maximum atomic E-state index is 12.4. The fraction of sp³-hybridized carbons (Fsp3) is 0.111. The quantitative estimate of drug-likeness (QED) is 0.353. The van der Waals surface area contributed by atoms with Gasteiger partial charge in [-0.15, -0.1) is 0 Å². The number of carboxylic acids is 1. The number of benzene rings is 3. The van der Waals surface area contributed by atoms with Crippen LogP contribution < -0.4 is 0 Å². The van der Waals surface area contributed by atoms with Gasteiger partial charge in [-0.3, -0.25) is 4.90 Å². The summed E-state index contributed by atoms with van der Waals surface area (Å²) in [7, 11) is 0. The molecule has 1 aromatic heterocycles. The van der Waals surface area contributed by atoms with Gasteiger partial charge >= 0.3 is 5.97 Å². The molecule has 2 heterocycles. The number of aromatic nitrogens is 1. The second-order valence-electron chi connectivity index (χ2n) is 8.07. The average Bonchev–Trinajstić information content (AvgIpc) is 2.80. The molecule has 164 valence electrons. The van der Waals surface area contributed by atoms with Gasteiger partial charge in [-0.2, -0.15) is 0 Å². The number of carbonyl (C=O) groups is 1. The second kappa shape index (κ2) is 8.99. The summed E-state index contributed by atoms with van der Waals surface area (Å²) < 4.78 is 0. The van der Waals surface area contributed by atoms with Crippen molar-refractivity contribution >= 4 is 51.7 Å². The Morgan fingerprint density at radius 3 is 2.36 bits per heavy atom. The summed E-state index contributed by atoms with van der Waals surface area (Å²) in [6, 6.07) is 22.9. The summed E-state index contributed by atoms with van der Waals surface area (Å²) in [4.78, 5) is 19.5. The van der Waals surface area contributed by atoms with Crippen molar-refractivity contribution in [3.8, 4) is 0 Å². The van der Waals surface area contributed by atoms with E-state index in [0.29, 0.717) is 63.0 Å². The zero-order valence-corrected chi connectivity index (χ0v) is 19.1. The number of carboxylic acid groups (broad SMARTS) is 1. The highest BCUT2D eigenvalue weighted by atomic mass is 35.5. The Morgan fingerprint density at radius 2 is 1.64 bits per heavy atom. The fourth-order valence-electron chi connectivity index (χ4n) is 4.40. The number of pyridine rings is 1. The Balaban J connectivity index is 1.72. The number of para-hydroxylation sites is 1. The lowest BCUT2D eigenvalue weighted by atomic mass is 9.91. The molecular formula is C27H20Cl2N2O2. The third-order valence-corrected chi connectivity index (χ3v) is 6.51. The van der Waals surface area contributed by atoms with E-state index >= 15 is 0 Å². The highest BCUT2D eigenvalue weighted by Crippen LogP contribution is 2.36. The molecule has 0 aliphatic carbocycles. The van der Waals surface area contributed by atoms with Gasteiger partial charge in [-0.05, 0) is 35.4 Å². The fourth-order valence-corrected chi connectivity index (χ4v) is 4.91. The molecule has 0 bridgehead atoms. The summed E-state index contributed by atoms with van der Waals surface area (Å²) in [5.41, 5.74) is 5.09. The van der Waals surface area contributed by atoms with Crippen LogP contribution >= 0.6 is 23.2 Å². The Labute approximate surface area is 201 Å². The molecule has 6 heteroatoms. The van der Waals surface area contributed by atoms with Crippen LogP contribution in [-0.4, -0.2) is 27.5 Å². The molecule has 4 nitrogen and oxygen atoms in total. The smallest absolute Gasteiger partial charge is 0.336 e. The van der Waals surface area contributed by atoms with E-state index in [0.717, 1.165) is 11.1 Å². The minimum atomic E-state index is -0.957. The monoisotopic (exact) mass is 474 g/mol. The summed E-state index contributed by atoms with van der Waals surface area (Å²) in [6.45, 7) is 1.75. The number of aromatic carboxylic acids is 1. The van der Waals surface area contributed by atoms with Crippen molar-refractivity contribution in [2.24, 2.45) is 0 Å². The second-order valence-corrected chi connectivity index (χ2v) is 8.89. The minimum Gasteiger partial charge on any atom is -0.478 e. The van der Waals surface area contributed by atoms with Gasteiger partial charge in [0.05, 0.1) is 16.8 Å². The van der Waals surface area contributed by atoms with Crippen molar-refractivity contribution < 1.29 is 9.90 Å². The number of fused-ring (bicyclic) bond motifs is 2. The normalized spacial score (nSPS) is 15.0. The Kier molecular flexibility index (Phi) is 5.90. The number of hydrogen-bond donors (Lipinski definition) is 1. The summed E-state index contributed by atoms with van der Waals surface area (Å²) >= 11 is 12.9. The van der Waals surface area contributed by atoms with Crippen LogP contribution in [0.5, 0.6) is 0 Å². The molecular weight excluding hydrogens is 455 g/mol. The maximum absolute atomic E-state index is 12.4. The van der Waals surface area contributed by atoms with Crippen LogP contribution in [0.15, 0.2) is 72.8 Å². The van der Waals surface area contributed by atoms with E-state index in [2.05, 4.69) is 17.0 Å². The number of rotatable bonds is 4. The van der Waals surface area contributed by atoms with Crippen molar-refractivity contribution in [3.05, 3.63) is 111 Å². The molecule has 4 aromatic rings. The van der Waals surface area contributed by atoms with E-state index in [9.17, 15) is 9.90 Å². The third-order valence-electron chi connectivity index (χ3n) is 5.85. The van der Waals surface area contributed by atoms with Crippen molar-refractivity contribution in [2.75, 3.05) is 6.54 Å². The van der Waals surface area contributed by atoms with Gasteiger partial charge in [0, 0.05) is 46.2 Å². The molecule has 1 aliphatic heterocycles. The molecule has 1 N–H and O–H groups in total. The van der Waals surface area contributed by atoms with Gasteiger partial charge in [-0.1, -0.05) is 77.8 Å². The Morgan fingerprint density at radius 1 is 0.939 bits per heavy atom. The number of halogens is 2. The van der Waals surface area contributed by atoms with Gasteiger partial charge in [0.25, 0.3) is 0 Å². The van der Waals surface area contributed by atoms with E-state index in [1.807, 2.05) is 48.5 Å². The van der Waals surface area contributed by atoms with E-state index in [1.54, 1.807) is 18.2 Å². The van der Waals surface area contributed by atoms with Gasteiger partial charge in [0.2, 0.25) is 0 Å². The van der Waals surface area contributed by atoms with Crippen LogP contribution in [0.1, 0.15) is 32.7 Å². The lowest BCUT2D eigenvalue weighted by Gasteiger charge is -2.31. The standard InChI is InChI=1S/C27H20Cl2N2O2/c28-22-10-6-11-23(29)20(22)13-18-15-31(14-17-7-2-1-3-8-17)16-21-25(27(32)33)19-9-4-5-12-24(19)30-26(18)21/h1-13H,14-16H2,(H,32,33). The van der Waals surface area contributed by atoms with Crippen LogP contribution in [0.25, 0.3) is 22.6 Å². The summed E-state index contributed by atoms with van der Waals surface area (Å²) in [5.74, 6) is -0.957. The Hall–Kier alpha value is -3.18. The molecule has 0 fully saturated rings. The first kappa shape index (κ1) is 21.7. The van der Waals surface area contributed by atoms with Gasteiger partial charge in [0.15, 0.2) is 0 Å². The zero-order valence-electron chi connectivity index (χ0n) is 17.6. The molecule has 0 radical (unpaired) electrons. The number of nitrogens with zero attached hydrogens (tertiary/aromatic N) is 2. The molecule has 0 atom stereocenters. The molecule has 33 heavy (non-hydrogen) atoms. The first-order chi connectivity index (χ1) is 16.0. The minimum absolute atomic E-state index is 0.296. The predicted molar refractivity (Wildman–Crippen MR) is 134 cm³/mol.